The summed E-state index contributed by atoms with van der Waals surface area (Å²) in [5.74, 6) is 0.879. The Kier molecular flexibility index (Phi) is 4.42. The molecule has 0 aliphatic heterocycles. The summed E-state index contributed by atoms with van der Waals surface area (Å²) >= 11 is 0. The molecular formula is C15H25N3O. The first-order chi connectivity index (χ1) is 9.09. The van der Waals surface area contributed by atoms with Gasteiger partial charge in [-0.2, -0.15) is 0 Å². The highest BCUT2D eigenvalue weighted by Gasteiger charge is 2.36. The van der Waals surface area contributed by atoms with Crippen molar-refractivity contribution < 1.29 is 4.74 Å². The molecule has 1 heterocycles. The van der Waals surface area contributed by atoms with Gasteiger partial charge in [-0.25, -0.2) is 0 Å². The number of methoxy groups -OCH3 is 1. The number of aromatic nitrogens is 1. The zero-order valence-corrected chi connectivity index (χ0v) is 12.3. The first-order valence-electron chi connectivity index (χ1n) is 7.02. The lowest BCUT2D eigenvalue weighted by Crippen LogP contribution is -2.49. The van der Waals surface area contributed by atoms with Crippen LogP contribution in [-0.2, 0) is 6.54 Å². The van der Waals surface area contributed by atoms with E-state index in [4.69, 9.17) is 10.5 Å². The van der Waals surface area contributed by atoms with Crippen molar-refractivity contribution in [3.8, 4) is 5.75 Å². The molecule has 2 N–H and O–H groups in total. The summed E-state index contributed by atoms with van der Waals surface area (Å²) in [5, 5.41) is 0. The van der Waals surface area contributed by atoms with Crippen LogP contribution in [-0.4, -0.2) is 36.1 Å². The molecule has 106 valence electrons. The smallest absolute Gasteiger partial charge is 0.122 e. The third-order valence-corrected chi connectivity index (χ3v) is 4.34. The van der Waals surface area contributed by atoms with E-state index in [1.165, 1.54) is 25.7 Å². The number of likely N-dealkylation sites (N-methyl/N-ethyl adjacent to an activating group) is 1. The van der Waals surface area contributed by atoms with Crippen molar-refractivity contribution >= 4 is 0 Å². The first kappa shape index (κ1) is 14.3. The molecule has 0 radical (unpaired) electrons. The quantitative estimate of drug-likeness (QED) is 0.884. The maximum Gasteiger partial charge on any atom is 0.122 e. The molecule has 1 saturated carbocycles. The molecule has 1 aliphatic rings. The summed E-state index contributed by atoms with van der Waals surface area (Å²) in [7, 11) is 3.86. The predicted molar refractivity (Wildman–Crippen MR) is 77.2 cm³/mol. The summed E-state index contributed by atoms with van der Waals surface area (Å²) in [4.78, 5) is 6.97. The molecule has 1 fully saturated rings. The fraction of sp³-hybridized carbons (Fsp3) is 0.667. The second kappa shape index (κ2) is 5.88. The lowest BCUT2D eigenvalue weighted by molar-refractivity contribution is 0.122. The van der Waals surface area contributed by atoms with Gasteiger partial charge in [-0.3, -0.25) is 9.88 Å². The zero-order chi connectivity index (χ0) is 13.9. The normalized spacial score (nSPS) is 17.9. The van der Waals surface area contributed by atoms with Gasteiger partial charge in [0.05, 0.1) is 12.8 Å². The van der Waals surface area contributed by atoms with Crippen molar-refractivity contribution in [1.29, 1.82) is 0 Å². The lowest BCUT2D eigenvalue weighted by Gasteiger charge is -2.37. The lowest BCUT2D eigenvalue weighted by atomic mass is 9.95. The summed E-state index contributed by atoms with van der Waals surface area (Å²) in [6, 6.07) is 3.97. The first-order valence-corrected chi connectivity index (χ1v) is 7.02. The van der Waals surface area contributed by atoms with Crippen LogP contribution in [0.5, 0.6) is 5.75 Å². The van der Waals surface area contributed by atoms with E-state index in [1.807, 2.05) is 19.1 Å². The fourth-order valence-electron chi connectivity index (χ4n) is 3.09. The number of hydrogen-bond donors (Lipinski definition) is 1. The molecule has 0 saturated heterocycles. The van der Waals surface area contributed by atoms with E-state index < -0.39 is 0 Å². The van der Waals surface area contributed by atoms with Crippen LogP contribution in [0.2, 0.25) is 0 Å². The van der Waals surface area contributed by atoms with Gasteiger partial charge < -0.3 is 10.5 Å². The number of nitrogens with two attached hydrogens (primary N) is 1. The molecule has 0 spiro atoms. The standard InChI is InChI=1S/C15H25N3O/c1-12-8-14(19-3)9-13(17-12)10-18(2)15(11-16)6-4-5-7-15/h8-9H,4-7,10-11,16H2,1-3H3. The Morgan fingerprint density at radius 1 is 1.37 bits per heavy atom. The van der Waals surface area contributed by atoms with Gasteiger partial charge >= 0.3 is 0 Å². The molecule has 1 aromatic heterocycles. The van der Waals surface area contributed by atoms with Crippen LogP contribution < -0.4 is 10.5 Å². The molecule has 4 heteroatoms. The Hall–Kier alpha value is -1.13. The Morgan fingerprint density at radius 2 is 2.05 bits per heavy atom. The van der Waals surface area contributed by atoms with E-state index in [-0.39, 0.29) is 5.54 Å². The molecular weight excluding hydrogens is 238 g/mol. The van der Waals surface area contributed by atoms with Crippen LogP contribution in [0.3, 0.4) is 0 Å². The molecule has 0 aromatic carbocycles. The van der Waals surface area contributed by atoms with Crippen molar-refractivity contribution in [2.24, 2.45) is 5.73 Å². The van der Waals surface area contributed by atoms with E-state index in [0.29, 0.717) is 0 Å². The number of rotatable bonds is 5. The van der Waals surface area contributed by atoms with E-state index in [9.17, 15) is 0 Å². The SMILES string of the molecule is COc1cc(C)nc(CN(C)C2(CN)CCCC2)c1. The number of pyridine rings is 1. The van der Waals surface area contributed by atoms with Gasteiger partial charge in [0.1, 0.15) is 5.75 Å². The van der Waals surface area contributed by atoms with Crippen LogP contribution in [0.4, 0.5) is 0 Å². The molecule has 0 amide bonds. The molecule has 1 aliphatic carbocycles. The second-order valence-electron chi connectivity index (χ2n) is 5.63. The minimum absolute atomic E-state index is 0.165. The largest absolute Gasteiger partial charge is 0.497 e. The topological polar surface area (TPSA) is 51.4 Å². The molecule has 2 rings (SSSR count). The van der Waals surface area contributed by atoms with Crippen molar-refractivity contribution in [3.05, 3.63) is 23.5 Å². The molecule has 0 bridgehead atoms. The second-order valence-corrected chi connectivity index (χ2v) is 5.63. The number of hydrogen-bond acceptors (Lipinski definition) is 4. The molecule has 0 atom stereocenters. The van der Waals surface area contributed by atoms with Gasteiger partial charge in [-0.1, -0.05) is 12.8 Å². The molecule has 4 nitrogen and oxygen atoms in total. The highest BCUT2D eigenvalue weighted by Crippen LogP contribution is 2.34. The van der Waals surface area contributed by atoms with Gasteiger partial charge in [0.2, 0.25) is 0 Å². The van der Waals surface area contributed by atoms with E-state index in [2.05, 4.69) is 16.9 Å². The Morgan fingerprint density at radius 3 is 2.63 bits per heavy atom. The summed E-state index contributed by atoms with van der Waals surface area (Å²) in [5.41, 5.74) is 8.24. The number of aryl methyl sites for hydroxylation is 1. The third kappa shape index (κ3) is 3.07. The summed E-state index contributed by atoms with van der Waals surface area (Å²) in [6.07, 6.45) is 4.96. The average Bonchev–Trinajstić information content (AvgIpc) is 2.88. The Balaban J connectivity index is 2.13. The van der Waals surface area contributed by atoms with Gasteiger partial charge in [0, 0.05) is 36.5 Å². The highest BCUT2D eigenvalue weighted by atomic mass is 16.5. The summed E-state index contributed by atoms with van der Waals surface area (Å²) < 4.78 is 5.31. The Bertz CT molecular complexity index is 427. The minimum atomic E-state index is 0.165. The van der Waals surface area contributed by atoms with Crippen LogP contribution in [0, 0.1) is 6.92 Å². The highest BCUT2D eigenvalue weighted by molar-refractivity contribution is 5.26. The Labute approximate surface area is 116 Å². The zero-order valence-electron chi connectivity index (χ0n) is 12.3. The van der Waals surface area contributed by atoms with Gasteiger partial charge in [0.25, 0.3) is 0 Å². The molecule has 19 heavy (non-hydrogen) atoms. The minimum Gasteiger partial charge on any atom is -0.497 e. The molecule has 0 unspecified atom stereocenters. The van der Waals surface area contributed by atoms with E-state index >= 15 is 0 Å². The van der Waals surface area contributed by atoms with Crippen LogP contribution in [0.25, 0.3) is 0 Å². The monoisotopic (exact) mass is 263 g/mol. The predicted octanol–water partition coefficient (Wildman–Crippen LogP) is 2.10. The third-order valence-electron chi connectivity index (χ3n) is 4.34. The van der Waals surface area contributed by atoms with E-state index in [0.717, 1.165) is 30.2 Å². The van der Waals surface area contributed by atoms with Crippen molar-refractivity contribution in [3.63, 3.8) is 0 Å². The summed E-state index contributed by atoms with van der Waals surface area (Å²) in [6.45, 7) is 3.56. The van der Waals surface area contributed by atoms with Gasteiger partial charge in [-0.05, 0) is 26.8 Å². The van der Waals surface area contributed by atoms with E-state index in [1.54, 1.807) is 7.11 Å². The van der Waals surface area contributed by atoms with Crippen molar-refractivity contribution in [2.45, 2.75) is 44.7 Å². The van der Waals surface area contributed by atoms with Crippen LogP contribution in [0.1, 0.15) is 37.1 Å². The van der Waals surface area contributed by atoms with Gasteiger partial charge in [-0.15, -0.1) is 0 Å². The maximum absolute atomic E-state index is 6.02. The van der Waals surface area contributed by atoms with Crippen LogP contribution in [0.15, 0.2) is 12.1 Å². The number of ether oxygens (including phenoxy) is 1. The maximum atomic E-state index is 6.02. The van der Waals surface area contributed by atoms with Crippen LogP contribution >= 0.6 is 0 Å². The van der Waals surface area contributed by atoms with Crippen molar-refractivity contribution in [1.82, 2.24) is 9.88 Å². The fourth-order valence-corrected chi connectivity index (χ4v) is 3.09. The van der Waals surface area contributed by atoms with Crippen molar-refractivity contribution in [2.75, 3.05) is 20.7 Å². The number of nitrogens with zero attached hydrogens (tertiary/aromatic N) is 2. The average molecular weight is 263 g/mol. The molecule has 1 aromatic rings. The van der Waals surface area contributed by atoms with Gasteiger partial charge in [0.15, 0.2) is 0 Å².